The summed E-state index contributed by atoms with van der Waals surface area (Å²) < 4.78 is 5.26. The molecule has 1 rings (SSSR count). The van der Waals surface area contributed by atoms with Gasteiger partial charge >= 0.3 is 5.97 Å². The van der Waals surface area contributed by atoms with E-state index in [9.17, 15) is 14.9 Å². The Morgan fingerprint density at radius 1 is 1.50 bits per heavy atom. The van der Waals surface area contributed by atoms with Crippen molar-refractivity contribution in [1.82, 2.24) is 0 Å². The number of nitro groups is 1. The summed E-state index contributed by atoms with van der Waals surface area (Å²) >= 11 is 0. The van der Waals surface area contributed by atoms with Gasteiger partial charge in [0.05, 0.1) is 23.7 Å². The lowest BCUT2D eigenvalue weighted by atomic mass is 10.1. The Balaban J connectivity index is 2.62. The second-order valence-corrected chi connectivity index (χ2v) is 3.91. The fourth-order valence-corrected chi connectivity index (χ4v) is 1.49. The van der Waals surface area contributed by atoms with Gasteiger partial charge in [-0.05, 0) is 18.6 Å². The Morgan fingerprint density at radius 3 is 2.85 bits per heavy atom. The average Bonchev–Trinajstić information content (AvgIpc) is 2.42. The van der Waals surface area contributed by atoms with Gasteiger partial charge in [-0.15, -0.1) is 6.58 Å². The Bertz CT molecular complexity index is 502. The molecule has 0 amide bonds. The van der Waals surface area contributed by atoms with E-state index >= 15 is 0 Å². The van der Waals surface area contributed by atoms with Crippen molar-refractivity contribution in [2.24, 2.45) is 0 Å². The minimum Gasteiger partial charge on any atom is -0.478 e. The Hall–Kier alpha value is -2.41. The van der Waals surface area contributed by atoms with Crippen molar-refractivity contribution in [2.75, 3.05) is 25.1 Å². The molecule has 0 saturated carbocycles. The van der Waals surface area contributed by atoms with Gasteiger partial charge in [0.1, 0.15) is 5.69 Å². The zero-order valence-electron chi connectivity index (χ0n) is 10.9. The van der Waals surface area contributed by atoms with Crippen LogP contribution in [-0.4, -0.2) is 35.8 Å². The van der Waals surface area contributed by atoms with Gasteiger partial charge in [-0.1, -0.05) is 6.08 Å². The number of carbonyl (C=O) groups is 1. The molecular weight excluding hydrogens is 264 g/mol. The van der Waals surface area contributed by atoms with Crippen molar-refractivity contribution >= 4 is 17.3 Å². The lowest BCUT2D eigenvalue weighted by Gasteiger charge is -2.08. The number of carboxylic acids is 1. The molecule has 0 aromatic heterocycles. The third kappa shape index (κ3) is 4.69. The van der Waals surface area contributed by atoms with Gasteiger partial charge in [-0.25, -0.2) is 4.79 Å². The quantitative estimate of drug-likeness (QED) is 0.311. The number of ether oxygens (including phenoxy) is 1. The second kappa shape index (κ2) is 7.90. The molecule has 0 bridgehead atoms. The van der Waals surface area contributed by atoms with E-state index < -0.39 is 10.9 Å². The second-order valence-electron chi connectivity index (χ2n) is 3.91. The normalized spacial score (nSPS) is 10.0. The Kier molecular flexibility index (Phi) is 6.18. The lowest BCUT2D eigenvalue weighted by Crippen LogP contribution is -2.11. The molecule has 0 saturated heterocycles. The molecule has 7 heteroatoms. The van der Waals surface area contributed by atoms with Crippen molar-refractivity contribution in [3.05, 3.63) is 46.5 Å². The first kappa shape index (κ1) is 15.6. The van der Waals surface area contributed by atoms with Gasteiger partial charge in [0.15, 0.2) is 0 Å². The standard InChI is InChI=1S/C13H16N2O5/c1-2-3-7-20-8-6-14-11-5-4-10(13(16)17)9-12(11)15(18)19/h2,4-5,9,14H,1,3,6-8H2,(H,16,17). The van der Waals surface area contributed by atoms with Gasteiger partial charge in [-0.3, -0.25) is 10.1 Å². The number of benzene rings is 1. The molecule has 0 aliphatic heterocycles. The molecule has 0 aliphatic rings. The van der Waals surface area contributed by atoms with E-state index in [-0.39, 0.29) is 16.9 Å². The van der Waals surface area contributed by atoms with Crippen molar-refractivity contribution in [1.29, 1.82) is 0 Å². The number of hydrogen-bond acceptors (Lipinski definition) is 5. The molecule has 0 unspecified atom stereocenters. The molecule has 0 radical (unpaired) electrons. The van der Waals surface area contributed by atoms with Crippen molar-refractivity contribution in [3.8, 4) is 0 Å². The van der Waals surface area contributed by atoms with Crippen LogP contribution in [0.1, 0.15) is 16.8 Å². The predicted octanol–water partition coefficient (Wildman–Crippen LogP) is 2.30. The van der Waals surface area contributed by atoms with Crippen LogP contribution in [-0.2, 0) is 4.74 Å². The molecule has 0 fully saturated rings. The maximum atomic E-state index is 10.9. The minimum absolute atomic E-state index is 0.121. The van der Waals surface area contributed by atoms with Gasteiger partial charge in [-0.2, -0.15) is 0 Å². The van der Waals surface area contributed by atoms with Crippen molar-refractivity contribution < 1.29 is 19.6 Å². The number of hydrogen-bond donors (Lipinski definition) is 2. The molecule has 1 aromatic carbocycles. The van der Waals surface area contributed by atoms with E-state index in [0.717, 1.165) is 12.5 Å². The molecule has 20 heavy (non-hydrogen) atoms. The van der Waals surface area contributed by atoms with E-state index in [0.29, 0.717) is 19.8 Å². The highest BCUT2D eigenvalue weighted by molar-refractivity contribution is 5.89. The summed E-state index contributed by atoms with van der Waals surface area (Å²) in [7, 11) is 0. The SMILES string of the molecule is C=CCCOCCNc1ccc(C(=O)O)cc1[N+](=O)[O-]. The third-order valence-electron chi connectivity index (χ3n) is 2.47. The van der Waals surface area contributed by atoms with Crippen molar-refractivity contribution in [3.63, 3.8) is 0 Å². The van der Waals surface area contributed by atoms with Crippen LogP contribution in [0.2, 0.25) is 0 Å². The molecule has 0 atom stereocenters. The van der Waals surface area contributed by atoms with E-state index in [1.807, 2.05) is 0 Å². The summed E-state index contributed by atoms with van der Waals surface area (Å²) in [5.41, 5.74) is -0.118. The van der Waals surface area contributed by atoms with Crippen LogP contribution >= 0.6 is 0 Å². The highest BCUT2D eigenvalue weighted by Crippen LogP contribution is 2.25. The number of rotatable bonds is 9. The third-order valence-corrected chi connectivity index (χ3v) is 2.47. The maximum Gasteiger partial charge on any atom is 0.335 e. The summed E-state index contributed by atoms with van der Waals surface area (Å²) in [6.07, 6.45) is 2.48. The molecule has 1 aromatic rings. The molecule has 2 N–H and O–H groups in total. The van der Waals surface area contributed by atoms with Crippen LogP contribution in [0.5, 0.6) is 0 Å². The van der Waals surface area contributed by atoms with Crippen LogP contribution in [0.15, 0.2) is 30.9 Å². The van der Waals surface area contributed by atoms with Gasteiger partial charge in [0, 0.05) is 12.6 Å². The number of carboxylic acid groups (broad SMARTS) is 1. The number of aromatic carboxylic acids is 1. The van der Waals surface area contributed by atoms with Crippen LogP contribution in [0.25, 0.3) is 0 Å². The minimum atomic E-state index is -1.20. The number of nitrogens with zero attached hydrogens (tertiary/aromatic N) is 1. The lowest BCUT2D eigenvalue weighted by molar-refractivity contribution is -0.384. The van der Waals surface area contributed by atoms with Gasteiger partial charge < -0.3 is 15.2 Å². The highest BCUT2D eigenvalue weighted by Gasteiger charge is 2.16. The zero-order valence-corrected chi connectivity index (χ0v) is 10.9. The Labute approximate surface area is 116 Å². The van der Waals surface area contributed by atoms with E-state index in [2.05, 4.69) is 11.9 Å². The van der Waals surface area contributed by atoms with E-state index in [1.165, 1.54) is 12.1 Å². The molecule has 0 aliphatic carbocycles. The van der Waals surface area contributed by atoms with Crippen LogP contribution in [0.3, 0.4) is 0 Å². The summed E-state index contributed by atoms with van der Waals surface area (Å²) in [6.45, 7) is 4.90. The van der Waals surface area contributed by atoms with Crippen LogP contribution in [0.4, 0.5) is 11.4 Å². The summed E-state index contributed by atoms with van der Waals surface area (Å²) in [5, 5.41) is 22.6. The monoisotopic (exact) mass is 280 g/mol. The topological polar surface area (TPSA) is 102 Å². The smallest absolute Gasteiger partial charge is 0.335 e. The predicted molar refractivity (Wildman–Crippen MR) is 74.2 cm³/mol. The highest BCUT2D eigenvalue weighted by atomic mass is 16.6. The number of nitro benzene ring substituents is 1. The maximum absolute atomic E-state index is 10.9. The van der Waals surface area contributed by atoms with Crippen LogP contribution < -0.4 is 5.32 Å². The number of nitrogens with one attached hydrogen (secondary N) is 1. The zero-order chi connectivity index (χ0) is 15.0. The number of anilines is 1. The molecule has 0 heterocycles. The van der Waals surface area contributed by atoms with Gasteiger partial charge in [0.2, 0.25) is 0 Å². The summed E-state index contributed by atoms with van der Waals surface area (Å²) in [4.78, 5) is 21.1. The average molecular weight is 280 g/mol. The molecule has 108 valence electrons. The van der Waals surface area contributed by atoms with Crippen LogP contribution in [0, 0.1) is 10.1 Å². The summed E-state index contributed by atoms with van der Waals surface area (Å²) in [6, 6.07) is 3.73. The van der Waals surface area contributed by atoms with E-state index in [1.54, 1.807) is 6.08 Å². The largest absolute Gasteiger partial charge is 0.478 e. The molecular formula is C13H16N2O5. The molecule has 0 spiro atoms. The van der Waals surface area contributed by atoms with Crippen molar-refractivity contribution in [2.45, 2.75) is 6.42 Å². The molecule has 7 nitrogen and oxygen atoms in total. The summed E-state index contributed by atoms with van der Waals surface area (Å²) in [5.74, 6) is -1.20. The van der Waals surface area contributed by atoms with E-state index in [4.69, 9.17) is 9.84 Å². The van der Waals surface area contributed by atoms with Gasteiger partial charge in [0.25, 0.3) is 5.69 Å². The fraction of sp³-hybridized carbons (Fsp3) is 0.308. The first-order valence-corrected chi connectivity index (χ1v) is 6.00. The first-order chi connectivity index (χ1) is 9.56. The fourth-order valence-electron chi connectivity index (χ4n) is 1.49. The Morgan fingerprint density at radius 2 is 2.25 bits per heavy atom. The first-order valence-electron chi connectivity index (χ1n) is 6.00.